The predicted molar refractivity (Wildman–Crippen MR) is 75.9 cm³/mol. The molecule has 2 aromatic heterocycles. The fourth-order valence-electron chi connectivity index (χ4n) is 1.87. The molecular weight excluding hydrogens is 324 g/mol. The zero-order valence-electron chi connectivity index (χ0n) is 10.2. The second-order valence-electron chi connectivity index (χ2n) is 4.13. The van der Waals surface area contributed by atoms with Gasteiger partial charge in [-0.25, -0.2) is 9.48 Å². The molecule has 1 aromatic carbocycles. The van der Waals surface area contributed by atoms with Crippen molar-refractivity contribution in [2.24, 2.45) is 0 Å². The van der Waals surface area contributed by atoms with Crippen LogP contribution in [-0.2, 0) is 0 Å². The molecule has 0 amide bonds. The monoisotopic (exact) mass is 332 g/mol. The van der Waals surface area contributed by atoms with Crippen molar-refractivity contribution in [3.63, 3.8) is 0 Å². The molecule has 100 valence electrons. The molecule has 0 aliphatic heterocycles. The van der Waals surface area contributed by atoms with E-state index in [0.29, 0.717) is 11.3 Å². The lowest BCUT2D eigenvalue weighted by atomic mass is 10.1. The molecule has 1 N–H and O–H groups in total. The molecule has 0 radical (unpaired) electrons. The van der Waals surface area contributed by atoms with Gasteiger partial charge in [-0.3, -0.25) is 0 Å². The Hall–Kier alpha value is -2.34. The predicted octanol–water partition coefficient (Wildman–Crippen LogP) is 3.59. The van der Waals surface area contributed by atoms with Gasteiger partial charge in [0.25, 0.3) is 0 Å². The number of benzene rings is 1. The Balaban J connectivity index is 2.12. The number of halogens is 1. The minimum absolute atomic E-state index is 0.134. The van der Waals surface area contributed by atoms with Crippen LogP contribution in [0.2, 0.25) is 0 Å². The van der Waals surface area contributed by atoms with Crippen molar-refractivity contribution in [3.8, 4) is 16.9 Å². The Morgan fingerprint density at radius 2 is 2.00 bits per heavy atom. The van der Waals surface area contributed by atoms with Crippen LogP contribution in [0.5, 0.6) is 0 Å². The smallest absolute Gasteiger partial charge is 0.339 e. The molecule has 0 aliphatic carbocycles. The third-order valence-electron chi connectivity index (χ3n) is 2.83. The number of nitrogens with zero attached hydrogens (tertiary/aromatic N) is 2. The minimum atomic E-state index is -1.02. The SMILES string of the molecule is O=C(O)c1cn(-c2ccc(Br)cc2)nc1-c1ccoc1. The fraction of sp³-hybridized carbons (Fsp3) is 0. The summed E-state index contributed by atoms with van der Waals surface area (Å²) < 4.78 is 7.47. The largest absolute Gasteiger partial charge is 0.478 e. The summed E-state index contributed by atoms with van der Waals surface area (Å²) >= 11 is 3.36. The van der Waals surface area contributed by atoms with Crippen LogP contribution in [0.3, 0.4) is 0 Å². The van der Waals surface area contributed by atoms with Crippen molar-refractivity contribution in [2.75, 3.05) is 0 Å². The maximum Gasteiger partial charge on any atom is 0.339 e. The van der Waals surface area contributed by atoms with Gasteiger partial charge in [0.2, 0.25) is 0 Å². The van der Waals surface area contributed by atoms with Gasteiger partial charge in [0, 0.05) is 16.2 Å². The molecule has 0 spiro atoms. The summed E-state index contributed by atoms with van der Waals surface area (Å²) in [5, 5.41) is 13.6. The maximum atomic E-state index is 11.3. The number of carbonyl (C=O) groups is 1. The molecule has 6 heteroatoms. The standard InChI is InChI=1S/C14H9BrN2O3/c15-10-1-3-11(4-2-10)17-7-12(14(18)19)13(16-17)9-5-6-20-8-9/h1-8H,(H,18,19). The first-order valence-electron chi connectivity index (χ1n) is 5.76. The van der Waals surface area contributed by atoms with Crippen molar-refractivity contribution < 1.29 is 14.3 Å². The fourth-order valence-corrected chi connectivity index (χ4v) is 2.13. The third-order valence-corrected chi connectivity index (χ3v) is 3.36. The van der Waals surface area contributed by atoms with Crippen molar-refractivity contribution in [2.45, 2.75) is 0 Å². The Bertz CT molecular complexity index is 745. The average Bonchev–Trinajstić information content (AvgIpc) is 3.08. The van der Waals surface area contributed by atoms with E-state index in [9.17, 15) is 9.90 Å². The van der Waals surface area contributed by atoms with Crippen LogP contribution in [0, 0.1) is 0 Å². The maximum absolute atomic E-state index is 11.3. The zero-order valence-corrected chi connectivity index (χ0v) is 11.7. The van der Waals surface area contributed by atoms with E-state index in [0.717, 1.165) is 10.2 Å². The summed E-state index contributed by atoms with van der Waals surface area (Å²) in [5.41, 5.74) is 1.94. The molecular formula is C14H9BrN2O3. The van der Waals surface area contributed by atoms with Crippen molar-refractivity contribution in [1.82, 2.24) is 9.78 Å². The number of carboxylic acid groups (broad SMARTS) is 1. The third kappa shape index (κ3) is 2.25. The van der Waals surface area contributed by atoms with Gasteiger partial charge in [-0.2, -0.15) is 5.10 Å². The Morgan fingerprint density at radius 1 is 1.25 bits per heavy atom. The summed E-state index contributed by atoms with van der Waals surface area (Å²) in [5.74, 6) is -1.02. The van der Waals surface area contributed by atoms with Crippen LogP contribution >= 0.6 is 15.9 Å². The second-order valence-corrected chi connectivity index (χ2v) is 5.05. The molecule has 3 aromatic rings. The molecule has 20 heavy (non-hydrogen) atoms. The van der Waals surface area contributed by atoms with Crippen LogP contribution in [0.1, 0.15) is 10.4 Å². The van der Waals surface area contributed by atoms with E-state index in [4.69, 9.17) is 4.42 Å². The number of carboxylic acids is 1. The van der Waals surface area contributed by atoms with E-state index in [1.165, 1.54) is 23.4 Å². The van der Waals surface area contributed by atoms with Gasteiger partial charge in [-0.05, 0) is 30.3 Å². The van der Waals surface area contributed by atoms with Gasteiger partial charge in [0.15, 0.2) is 0 Å². The minimum Gasteiger partial charge on any atom is -0.478 e. The van der Waals surface area contributed by atoms with Crippen LogP contribution in [-0.4, -0.2) is 20.9 Å². The molecule has 0 fully saturated rings. The van der Waals surface area contributed by atoms with Crippen LogP contribution < -0.4 is 0 Å². The number of furan rings is 1. The molecule has 0 bridgehead atoms. The summed E-state index contributed by atoms with van der Waals surface area (Å²) in [4.78, 5) is 11.3. The van der Waals surface area contributed by atoms with E-state index in [1.54, 1.807) is 6.07 Å². The van der Waals surface area contributed by atoms with Gasteiger partial charge in [-0.15, -0.1) is 0 Å². The molecule has 0 saturated carbocycles. The molecule has 0 atom stereocenters. The number of aromatic carboxylic acids is 1. The van der Waals surface area contributed by atoms with E-state index in [2.05, 4.69) is 21.0 Å². The summed E-state index contributed by atoms with van der Waals surface area (Å²) in [7, 11) is 0. The molecule has 5 nitrogen and oxygen atoms in total. The normalized spacial score (nSPS) is 10.7. The van der Waals surface area contributed by atoms with Crippen LogP contribution in [0.15, 0.2) is 57.9 Å². The van der Waals surface area contributed by atoms with Gasteiger partial charge in [-0.1, -0.05) is 15.9 Å². The van der Waals surface area contributed by atoms with E-state index in [-0.39, 0.29) is 5.56 Å². The van der Waals surface area contributed by atoms with Gasteiger partial charge in [0.05, 0.1) is 18.2 Å². The first kappa shape index (κ1) is 12.7. The average molecular weight is 333 g/mol. The molecule has 0 aliphatic rings. The van der Waals surface area contributed by atoms with Crippen LogP contribution in [0.4, 0.5) is 0 Å². The lowest BCUT2D eigenvalue weighted by molar-refractivity contribution is 0.0697. The lowest BCUT2D eigenvalue weighted by Crippen LogP contribution is -1.96. The second kappa shape index (κ2) is 4.97. The number of hydrogen-bond donors (Lipinski definition) is 1. The first-order valence-corrected chi connectivity index (χ1v) is 6.56. The Kier molecular flexibility index (Phi) is 3.15. The van der Waals surface area contributed by atoms with E-state index in [1.807, 2.05) is 24.3 Å². The number of rotatable bonds is 3. The Labute approximate surface area is 122 Å². The summed E-state index contributed by atoms with van der Waals surface area (Å²) in [6.07, 6.45) is 4.45. The number of aromatic nitrogens is 2. The highest BCUT2D eigenvalue weighted by Gasteiger charge is 2.18. The quantitative estimate of drug-likeness (QED) is 0.795. The first-order chi connectivity index (χ1) is 9.65. The van der Waals surface area contributed by atoms with Crippen LogP contribution in [0.25, 0.3) is 16.9 Å². The van der Waals surface area contributed by atoms with Crippen molar-refractivity contribution in [1.29, 1.82) is 0 Å². The van der Waals surface area contributed by atoms with Gasteiger partial charge in [0.1, 0.15) is 11.3 Å². The highest BCUT2D eigenvalue weighted by molar-refractivity contribution is 9.10. The van der Waals surface area contributed by atoms with E-state index >= 15 is 0 Å². The highest BCUT2D eigenvalue weighted by atomic mass is 79.9. The highest BCUT2D eigenvalue weighted by Crippen LogP contribution is 2.24. The zero-order chi connectivity index (χ0) is 14.1. The van der Waals surface area contributed by atoms with Gasteiger partial charge >= 0.3 is 5.97 Å². The number of hydrogen-bond acceptors (Lipinski definition) is 3. The van der Waals surface area contributed by atoms with Crippen molar-refractivity contribution in [3.05, 3.63) is 59.1 Å². The molecule has 2 heterocycles. The Morgan fingerprint density at radius 3 is 2.60 bits per heavy atom. The topological polar surface area (TPSA) is 68.3 Å². The lowest BCUT2D eigenvalue weighted by Gasteiger charge is -2.00. The molecule has 3 rings (SSSR count). The summed E-state index contributed by atoms with van der Waals surface area (Å²) in [6.45, 7) is 0. The van der Waals surface area contributed by atoms with Crippen molar-refractivity contribution >= 4 is 21.9 Å². The van der Waals surface area contributed by atoms with E-state index < -0.39 is 5.97 Å². The molecule has 0 unspecified atom stereocenters. The van der Waals surface area contributed by atoms with Gasteiger partial charge < -0.3 is 9.52 Å². The summed E-state index contributed by atoms with van der Waals surface area (Å²) in [6, 6.07) is 9.12. The molecule has 0 saturated heterocycles.